The first-order chi connectivity index (χ1) is 32.0. The second-order valence-corrected chi connectivity index (χ2v) is 20.3. The lowest BCUT2D eigenvalue weighted by Gasteiger charge is -2.41. The van der Waals surface area contributed by atoms with Crippen molar-refractivity contribution < 1.29 is 43.3 Å². The molecule has 8 atom stereocenters. The number of amides is 3. The molecule has 1 heterocycles. The van der Waals surface area contributed by atoms with Crippen molar-refractivity contribution in [1.82, 2.24) is 15.1 Å². The van der Waals surface area contributed by atoms with Gasteiger partial charge in [0.25, 0.3) is 0 Å². The molecule has 1 saturated heterocycles. The third kappa shape index (κ3) is 11.9. The topological polar surface area (TPSA) is 152 Å². The van der Waals surface area contributed by atoms with Crippen LogP contribution in [0.2, 0.25) is 0 Å². The molecule has 2 aliphatic carbocycles. The van der Waals surface area contributed by atoms with E-state index < -0.39 is 47.8 Å². The van der Waals surface area contributed by atoms with Crippen molar-refractivity contribution >= 4 is 29.5 Å². The molecular formula is C55H75N3O9. The quantitative estimate of drug-likeness (QED) is 0.101. The van der Waals surface area contributed by atoms with Crippen molar-refractivity contribution in [3.05, 3.63) is 95.6 Å². The number of hydrogen-bond donors (Lipinski definition) is 2. The summed E-state index contributed by atoms with van der Waals surface area (Å²) in [5.74, 6) is -2.41. The number of hydrogen-bond acceptors (Lipinski definition) is 9. The van der Waals surface area contributed by atoms with Crippen LogP contribution in [0, 0.1) is 29.6 Å². The number of fused-ring (bicyclic) bond motifs is 3. The molecule has 0 aromatic heterocycles. The molecule has 3 aromatic carbocycles. The van der Waals surface area contributed by atoms with Gasteiger partial charge in [-0.1, -0.05) is 119 Å². The first-order valence-corrected chi connectivity index (χ1v) is 24.5. The second kappa shape index (κ2) is 22.9. The molecule has 1 aliphatic heterocycles. The minimum atomic E-state index is -1.32. The van der Waals surface area contributed by atoms with Crippen molar-refractivity contribution in [2.24, 2.45) is 29.6 Å². The van der Waals surface area contributed by atoms with Gasteiger partial charge in [-0.2, -0.15) is 0 Å². The number of likely N-dealkylation sites (tertiary alicyclic amines) is 1. The van der Waals surface area contributed by atoms with E-state index in [0.29, 0.717) is 13.0 Å². The Balaban J connectivity index is 1.09. The number of aliphatic hydroxyl groups excluding tert-OH is 1. The molecule has 3 aliphatic rings. The number of ether oxygens (including phenoxy) is 3. The van der Waals surface area contributed by atoms with Crippen molar-refractivity contribution in [2.45, 2.75) is 141 Å². The zero-order valence-corrected chi connectivity index (χ0v) is 41.2. The third-order valence-electron chi connectivity index (χ3n) is 15.2. The van der Waals surface area contributed by atoms with E-state index in [9.17, 15) is 29.1 Å². The molecule has 67 heavy (non-hydrogen) atoms. The summed E-state index contributed by atoms with van der Waals surface area (Å²) >= 11 is 0. The molecule has 0 unspecified atom stereocenters. The number of alkyl carbamates (subject to hydrolysis) is 1. The Morgan fingerprint density at radius 1 is 0.791 bits per heavy atom. The number of ketones is 2. The number of Topliss-reactive ketones (excluding diaryl/α,β-unsaturated/α-hetero) is 2. The predicted molar refractivity (Wildman–Crippen MR) is 259 cm³/mol. The standard InChI is InChI=1S/C55H75N3O9/c1-34(2)43(31-48(60)55(5,6)56-54(64)67-33-44-41-26-17-15-24-39(41)40-25-16-18-27-42(40)44)53(63)57(7)50(37-20-13-14-21-37)47(65-8)32-49(61)58-29-19-28-45(58)52(66-9)36(4)46(59)30-35(3)51(62)38-22-11-10-12-23-38/h10-12,15-18,22-27,34-37,43-45,47,50-52,62H,13-14,19-21,28-33H2,1-9H3,(H,56,64)/t35-,36-,43-,45-,47+,50-,51+,52+/m0/s1. The van der Waals surface area contributed by atoms with Crippen LogP contribution in [-0.2, 0) is 33.4 Å². The number of carbonyl (C=O) groups is 5. The predicted octanol–water partition coefficient (Wildman–Crippen LogP) is 8.93. The van der Waals surface area contributed by atoms with Gasteiger partial charge in [0, 0.05) is 58.4 Å². The Bertz CT molecular complexity index is 2120. The van der Waals surface area contributed by atoms with E-state index in [2.05, 4.69) is 29.6 Å². The van der Waals surface area contributed by atoms with E-state index in [1.807, 2.05) is 87.2 Å². The summed E-state index contributed by atoms with van der Waals surface area (Å²) in [6.45, 7) is 11.5. The number of aliphatic hydroxyl groups is 1. The van der Waals surface area contributed by atoms with Crippen LogP contribution in [0.4, 0.5) is 4.79 Å². The summed E-state index contributed by atoms with van der Waals surface area (Å²) in [5, 5.41) is 13.8. The van der Waals surface area contributed by atoms with Gasteiger partial charge in [-0.15, -0.1) is 0 Å². The molecule has 0 spiro atoms. The molecular weight excluding hydrogens is 847 g/mol. The van der Waals surface area contributed by atoms with Crippen LogP contribution >= 0.6 is 0 Å². The monoisotopic (exact) mass is 922 g/mol. The van der Waals surface area contributed by atoms with Gasteiger partial charge in [-0.3, -0.25) is 19.2 Å². The van der Waals surface area contributed by atoms with E-state index >= 15 is 0 Å². The lowest BCUT2D eigenvalue weighted by Crippen LogP contribution is -2.55. The molecule has 1 saturated carbocycles. The van der Waals surface area contributed by atoms with E-state index in [4.69, 9.17) is 14.2 Å². The average molecular weight is 922 g/mol. The van der Waals surface area contributed by atoms with Crippen LogP contribution in [0.25, 0.3) is 11.1 Å². The zero-order valence-electron chi connectivity index (χ0n) is 41.2. The van der Waals surface area contributed by atoms with Crippen molar-refractivity contribution in [3.8, 4) is 11.1 Å². The van der Waals surface area contributed by atoms with Gasteiger partial charge in [0.05, 0.1) is 42.4 Å². The fraction of sp³-hybridized carbons (Fsp3) is 0.582. The molecule has 364 valence electrons. The first-order valence-electron chi connectivity index (χ1n) is 24.5. The highest BCUT2D eigenvalue weighted by molar-refractivity contribution is 5.94. The molecule has 12 heteroatoms. The summed E-state index contributed by atoms with van der Waals surface area (Å²) in [6.07, 6.45) is 2.68. The van der Waals surface area contributed by atoms with Gasteiger partial charge in [-0.05, 0) is 85.1 Å². The Morgan fingerprint density at radius 3 is 1.97 bits per heavy atom. The highest BCUT2D eigenvalue weighted by atomic mass is 16.5. The van der Waals surface area contributed by atoms with Crippen LogP contribution in [0.1, 0.15) is 128 Å². The molecule has 3 aromatic rings. The summed E-state index contributed by atoms with van der Waals surface area (Å²) in [6, 6.07) is 24.8. The minimum Gasteiger partial charge on any atom is -0.449 e. The summed E-state index contributed by atoms with van der Waals surface area (Å²) < 4.78 is 18.0. The number of nitrogens with one attached hydrogen (secondary N) is 1. The molecule has 6 rings (SSSR count). The van der Waals surface area contributed by atoms with Gasteiger partial charge in [0.1, 0.15) is 12.4 Å². The average Bonchev–Trinajstić information content (AvgIpc) is 4.10. The number of carbonyl (C=O) groups excluding carboxylic acids is 5. The lowest BCUT2D eigenvalue weighted by molar-refractivity contribution is -0.149. The molecule has 0 radical (unpaired) electrons. The van der Waals surface area contributed by atoms with Gasteiger partial charge >= 0.3 is 6.09 Å². The maximum Gasteiger partial charge on any atom is 0.407 e. The fourth-order valence-corrected chi connectivity index (χ4v) is 11.1. The van der Waals surface area contributed by atoms with Crippen molar-refractivity contribution in [2.75, 3.05) is 34.4 Å². The number of likely N-dealkylation sites (N-methyl/N-ethyl adjacent to an activating group) is 1. The molecule has 2 N–H and O–H groups in total. The maximum absolute atomic E-state index is 14.7. The summed E-state index contributed by atoms with van der Waals surface area (Å²) in [7, 11) is 4.94. The Hall–Kier alpha value is -4.91. The van der Waals surface area contributed by atoms with E-state index in [1.54, 1.807) is 40.0 Å². The lowest BCUT2D eigenvalue weighted by atomic mass is 9.82. The second-order valence-electron chi connectivity index (χ2n) is 20.3. The third-order valence-corrected chi connectivity index (χ3v) is 15.2. The van der Waals surface area contributed by atoms with Gasteiger partial charge in [0.2, 0.25) is 11.8 Å². The SMILES string of the molecule is CO[C@H]([C@@H](C)C(=O)C[C@H](C)[C@@H](O)c1ccccc1)[C@@H]1CCCN1C(=O)C[C@@H](OC)[C@H](C1CCCC1)N(C)C(=O)[C@@H](CC(=O)C(C)(C)NC(=O)OCC1c2ccccc2-c2ccccc21)C(C)C. The summed E-state index contributed by atoms with van der Waals surface area (Å²) in [4.78, 5) is 74.0. The zero-order chi connectivity index (χ0) is 48.6. The number of rotatable bonds is 22. The van der Waals surface area contributed by atoms with Crippen molar-refractivity contribution in [3.63, 3.8) is 0 Å². The number of methoxy groups -OCH3 is 2. The van der Waals surface area contributed by atoms with E-state index in [0.717, 1.165) is 59.9 Å². The number of benzene rings is 3. The summed E-state index contributed by atoms with van der Waals surface area (Å²) in [5.41, 5.74) is 3.86. The van der Waals surface area contributed by atoms with Gasteiger partial charge < -0.3 is 34.4 Å². The largest absolute Gasteiger partial charge is 0.449 e. The number of nitrogens with zero attached hydrogens (tertiary/aromatic N) is 2. The Morgan fingerprint density at radius 2 is 1.39 bits per heavy atom. The van der Waals surface area contributed by atoms with E-state index in [1.165, 1.54) is 0 Å². The Kier molecular flexibility index (Phi) is 17.6. The first kappa shape index (κ1) is 51.5. The highest BCUT2D eigenvalue weighted by Gasteiger charge is 2.45. The molecule has 0 bridgehead atoms. The van der Waals surface area contributed by atoms with Crippen LogP contribution in [0.5, 0.6) is 0 Å². The molecule has 12 nitrogen and oxygen atoms in total. The molecule has 3 amide bonds. The normalized spacial score (nSPS) is 19.4. The maximum atomic E-state index is 14.7. The van der Waals surface area contributed by atoms with Crippen LogP contribution < -0.4 is 5.32 Å². The smallest absolute Gasteiger partial charge is 0.407 e. The van der Waals surface area contributed by atoms with Gasteiger partial charge in [-0.25, -0.2) is 4.79 Å². The van der Waals surface area contributed by atoms with E-state index in [-0.39, 0.29) is 79.0 Å². The van der Waals surface area contributed by atoms with Gasteiger partial charge in [0.15, 0.2) is 5.78 Å². The van der Waals surface area contributed by atoms with Crippen LogP contribution in [0.15, 0.2) is 78.9 Å². The Labute approximate surface area is 398 Å². The highest BCUT2D eigenvalue weighted by Crippen LogP contribution is 2.45. The molecule has 2 fully saturated rings. The van der Waals surface area contributed by atoms with Crippen LogP contribution in [-0.4, -0.2) is 109 Å². The van der Waals surface area contributed by atoms with Crippen molar-refractivity contribution in [1.29, 1.82) is 0 Å². The fourth-order valence-electron chi connectivity index (χ4n) is 11.1. The minimum absolute atomic E-state index is 0.0283. The van der Waals surface area contributed by atoms with Crippen LogP contribution in [0.3, 0.4) is 0 Å².